The molecule has 1 aliphatic rings. The van der Waals surface area contributed by atoms with Gasteiger partial charge in [0.25, 0.3) is 0 Å². The molecular formula is C16H27N3. The van der Waals surface area contributed by atoms with Crippen molar-refractivity contribution < 1.29 is 0 Å². The third-order valence-electron chi connectivity index (χ3n) is 4.50. The van der Waals surface area contributed by atoms with Crippen LogP contribution >= 0.6 is 0 Å². The molecule has 1 saturated heterocycles. The predicted molar refractivity (Wildman–Crippen MR) is 82.7 cm³/mol. The van der Waals surface area contributed by atoms with Crippen molar-refractivity contribution in [3.8, 4) is 0 Å². The molecule has 1 heterocycles. The van der Waals surface area contributed by atoms with Crippen LogP contribution < -0.4 is 10.6 Å². The number of likely N-dealkylation sites (tertiary alicyclic amines) is 1. The van der Waals surface area contributed by atoms with Crippen LogP contribution in [0.3, 0.4) is 0 Å². The Morgan fingerprint density at radius 3 is 2.53 bits per heavy atom. The smallest absolute Gasteiger partial charge is 0.0548 e. The van der Waals surface area contributed by atoms with Crippen LogP contribution in [0.15, 0.2) is 24.3 Å². The van der Waals surface area contributed by atoms with Gasteiger partial charge in [-0.3, -0.25) is 0 Å². The van der Waals surface area contributed by atoms with Crippen LogP contribution in [0.5, 0.6) is 0 Å². The summed E-state index contributed by atoms with van der Waals surface area (Å²) in [5, 5.41) is 0. The fraction of sp³-hybridized carbons (Fsp3) is 0.625. The molecule has 0 aliphatic carbocycles. The molecule has 1 aromatic rings. The first-order chi connectivity index (χ1) is 9.11. The number of piperidine rings is 1. The zero-order valence-electron chi connectivity index (χ0n) is 12.5. The van der Waals surface area contributed by atoms with Gasteiger partial charge < -0.3 is 15.5 Å². The lowest BCUT2D eigenvalue weighted by Crippen LogP contribution is -2.59. The van der Waals surface area contributed by atoms with Gasteiger partial charge in [0.15, 0.2) is 0 Å². The first-order valence-corrected chi connectivity index (χ1v) is 7.34. The zero-order chi connectivity index (χ0) is 13.9. The van der Waals surface area contributed by atoms with Crippen molar-refractivity contribution in [2.45, 2.75) is 32.2 Å². The number of nitrogens with two attached hydrogens (primary N) is 1. The second-order valence-electron chi connectivity index (χ2n) is 5.82. The molecule has 19 heavy (non-hydrogen) atoms. The second kappa shape index (κ2) is 5.93. The van der Waals surface area contributed by atoms with Gasteiger partial charge in [-0.1, -0.05) is 12.1 Å². The van der Waals surface area contributed by atoms with E-state index in [1.807, 2.05) is 0 Å². The monoisotopic (exact) mass is 261 g/mol. The third-order valence-corrected chi connectivity index (χ3v) is 4.50. The minimum absolute atomic E-state index is 0.134. The largest absolute Gasteiger partial charge is 0.365 e. The first kappa shape index (κ1) is 14.4. The molecule has 2 rings (SSSR count). The fourth-order valence-electron chi connectivity index (χ4n) is 3.21. The van der Waals surface area contributed by atoms with E-state index in [1.54, 1.807) is 0 Å². The van der Waals surface area contributed by atoms with Crippen LogP contribution in [-0.4, -0.2) is 43.7 Å². The Balaban J connectivity index is 2.28. The summed E-state index contributed by atoms with van der Waals surface area (Å²) in [6.07, 6.45) is 2.31. The molecule has 0 bridgehead atoms. The Morgan fingerprint density at radius 1 is 1.32 bits per heavy atom. The maximum absolute atomic E-state index is 6.18. The number of rotatable bonds is 4. The molecule has 1 fully saturated rings. The Kier molecular flexibility index (Phi) is 4.48. The fourth-order valence-corrected chi connectivity index (χ4v) is 3.21. The molecule has 0 unspecified atom stereocenters. The zero-order valence-corrected chi connectivity index (χ0v) is 12.5. The average molecular weight is 261 g/mol. The first-order valence-electron chi connectivity index (χ1n) is 7.34. The molecule has 1 aromatic carbocycles. The van der Waals surface area contributed by atoms with Crippen molar-refractivity contribution >= 4 is 5.69 Å². The minimum Gasteiger partial charge on any atom is -0.365 e. The van der Waals surface area contributed by atoms with E-state index >= 15 is 0 Å². The SMILES string of the molecule is CCN(c1cccc(C)c1)C1(CN)CCN(C)CC1. The highest BCUT2D eigenvalue weighted by Gasteiger charge is 2.37. The standard InChI is InChI=1S/C16H27N3/c1-4-19(15-7-5-6-14(2)12-15)16(13-17)8-10-18(3)11-9-16/h5-7,12H,4,8-11,13,17H2,1-3H3. The van der Waals surface area contributed by atoms with Crippen LogP contribution in [0.25, 0.3) is 0 Å². The third kappa shape index (κ3) is 2.93. The lowest BCUT2D eigenvalue weighted by molar-refractivity contribution is 0.186. The molecule has 0 saturated carbocycles. The molecule has 0 aromatic heterocycles. The Bertz CT molecular complexity index is 408. The summed E-state index contributed by atoms with van der Waals surface area (Å²) in [6, 6.07) is 8.79. The number of likely N-dealkylation sites (N-methyl/N-ethyl adjacent to an activating group) is 1. The van der Waals surface area contributed by atoms with Gasteiger partial charge in [-0.25, -0.2) is 0 Å². The maximum Gasteiger partial charge on any atom is 0.0548 e. The Labute approximate surface area is 117 Å². The van der Waals surface area contributed by atoms with Gasteiger partial charge in [-0.05, 0) is 51.4 Å². The highest BCUT2D eigenvalue weighted by Crippen LogP contribution is 2.32. The molecule has 0 atom stereocenters. The lowest BCUT2D eigenvalue weighted by Gasteiger charge is -2.49. The van der Waals surface area contributed by atoms with Gasteiger partial charge in [0.1, 0.15) is 0 Å². The van der Waals surface area contributed by atoms with E-state index < -0.39 is 0 Å². The number of hydrogen-bond donors (Lipinski definition) is 1. The van der Waals surface area contributed by atoms with Crippen LogP contribution in [0.4, 0.5) is 5.69 Å². The normalized spacial score (nSPS) is 19.4. The van der Waals surface area contributed by atoms with Crippen molar-refractivity contribution in [3.63, 3.8) is 0 Å². The average Bonchev–Trinajstić information content (AvgIpc) is 2.42. The Morgan fingerprint density at radius 2 is 2.00 bits per heavy atom. The van der Waals surface area contributed by atoms with E-state index in [0.717, 1.165) is 39.0 Å². The van der Waals surface area contributed by atoms with Crippen molar-refractivity contribution in [3.05, 3.63) is 29.8 Å². The van der Waals surface area contributed by atoms with E-state index in [9.17, 15) is 0 Å². The number of nitrogens with zero attached hydrogens (tertiary/aromatic N) is 2. The molecule has 0 amide bonds. The molecule has 3 heteroatoms. The van der Waals surface area contributed by atoms with E-state index in [0.29, 0.717) is 0 Å². The molecule has 0 radical (unpaired) electrons. The van der Waals surface area contributed by atoms with Crippen LogP contribution in [0.2, 0.25) is 0 Å². The van der Waals surface area contributed by atoms with Crippen LogP contribution in [-0.2, 0) is 0 Å². The summed E-state index contributed by atoms with van der Waals surface area (Å²) in [5.74, 6) is 0. The lowest BCUT2D eigenvalue weighted by atomic mass is 9.85. The van der Waals surface area contributed by atoms with E-state index in [4.69, 9.17) is 5.73 Å². The van der Waals surface area contributed by atoms with Crippen molar-refractivity contribution in [2.24, 2.45) is 5.73 Å². The highest BCUT2D eigenvalue weighted by atomic mass is 15.2. The summed E-state index contributed by atoms with van der Waals surface area (Å²) < 4.78 is 0. The van der Waals surface area contributed by atoms with Gasteiger partial charge in [0.05, 0.1) is 5.54 Å². The molecule has 0 spiro atoms. The number of anilines is 1. The minimum atomic E-state index is 0.134. The van der Waals surface area contributed by atoms with Crippen LogP contribution in [0.1, 0.15) is 25.3 Å². The van der Waals surface area contributed by atoms with Gasteiger partial charge >= 0.3 is 0 Å². The van der Waals surface area contributed by atoms with Crippen molar-refractivity contribution in [2.75, 3.05) is 38.1 Å². The molecule has 1 aliphatic heterocycles. The Hall–Kier alpha value is -1.06. The molecule has 2 N–H and O–H groups in total. The maximum atomic E-state index is 6.18. The summed E-state index contributed by atoms with van der Waals surface area (Å²) in [6.45, 7) is 8.42. The number of benzene rings is 1. The highest BCUT2D eigenvalue weighted by molar-refractivity contribution is 5.51. The summed E-state index contributed by atoms with van der Waals surface area (Å²) in [4.78, 5) is 4.92. The van der Waals surface area contributed by atoms with E-state index in [-0.39, 0.29) is 5.54 Å². The number of hydrogen-bond acceptors (Lipinski definition) is 3. The second-order valence-corrected chi connectivity index (χ2v) is 5.82. The summed E-state index contributed by atoms with van der Waals surface area (Å²) >= 11 is 0. The van der Waals surface area contributed by atoms with Gasteiger partial charge in [0, 0.05) is 31.9 Å². The topological polar surface area (TPSA) is 32.5 Å². The quantitative estimate of drug-likeness (QED) is 0.902. The van der Waals surface area contributed by atoms with Crippen molar-refractivity contribution in [1.82, 2.24) is 4.90 Å². The van der Waals surface area contributed by atoms with Gasteiger partial charge in [-0.2, -0.15) is 0 Å². The van der Waals surface area contributed by atoms with Crippen molar-refractivity contribution in [1.29, 1.82) is 0 Å². The molecule has 106 valence electrons. The molecule has 3 nitrogen and oxygen atoms in total. The van der Waals surface area contributed by atoms with E-state index in [2.05, 4.69) is 55.0 Å². The summed E-state index contributed by atoms with van der Waals surface area (Å²) in [7, 11) is 2.20. The van der Waals surface area contributed by atoms with E-state index in [1.165, 1.54) is 11.3 Å². The number of aryl methyl sites for hydroxylation is 1. The predicted octanol–water partition coefficient (Wildman–Crippen LogP) is 2.24. The van der Waals surface area contributed by atoms with Gasteiger partial charge in [0.2, 0.25) is 0 Å². The molecular weight excluding hydrogens is 234 g/mol. The summed E-state index contributed by atoms with van der Waals surface area (Å²) in [5.41, 5.74) is 8.94. The van der Waals surface area contributed by atoms with Crippen LogP contribution in [0, 0.1) is 6.92 Å². The van der Waals surface area contributed by atoms with Gasteiger partial charge in [-0.15, -0.1) is 0 Å².